The van der Waals surface area contributed by atoms with Gasteiger partial charge in [-0.1, -0.05) is 13.8 Å². The number of carbonyl (C=O) groups is 1. The number of sulfonamides is 1. The zero-order chi connectivity index (χ0) is 15.7. The number of furan rings is 1. The van der Waals surface area contributed by atoms with Gasteiger partial charge in [0.15, 0.2) is 0 Å². The third-order valence-electron chi connectivity index (χ3n) is 2.79. The Morgan fingerprint density at radius 1 is 1.35 bits per heavy atom. The first-order chi connectivity index (χ1) is 9.07. The van der Waals surface area contributed by atoms with E-state index in [9.17, 15) is 13.2 Å². The summed E-state index contributed by atoms with van der Waals surface area (Å²) in [6.45, 7) is 9.24. The van der Waals surface area contributed by atoms with Gasteiger partial charge in [-0.15, -0.1) is 0 Å². The Kier molecular flexibility index (Phi) is 4.99. The van der Waals surface area contributed by atoms with Crippen LogP contribution >= 0.6 is 0 Å². The van der Waals surface area contributed by atoms with Crippen LogP contribution in [0.15, 0.2) is 15.4 Å². The predicted octanol–water partition coefficient (Wildman–Crippen LogP) is 2.34. The molecule has 0 saturated heterocycles. The van der Waals surface area contributed by atoms with Gasteiger partial charge in [0.1, 0.15) is 10.7 Å². The highest BCUT2D eigenvalue weighted by Gasteiger charge is 2.32. The van der Waals surface area contributed by atoms with Crippen LogP contribution < -0.4 is 0 Å². The minimum Gasteiger partial charge on any atom is -0.475 e. The normalized spacial score (nSPS) is 12.6. The Hall–Kier alpha value is -1.34. The summed E-state index contributed by atoms with van der Waals surface area (Å²) in [5.74, 6) is -1.39. The number of rotatable bonds is 6. The molecular weight excluding hydrogens is 282 g/mol. The lowest BCUT2D eigenvalue weighted by Crippen LogP contribution is -2.39. The summed E-state index contributed by atoms with van der Waals surface area (Å²) in [5.41, 5.74) is 0. The van der Waals surface area contributed by atoms with Crippen LogP contribution in [0.4, 0.5) is 0 Å². The predicted molar refractivity (Wildman–Crippen MR) is 74.3 cm³/mol. The summed E-state index contributed by atoms with van der Waals surface area (Å²) in [5, 5.41) is 8.88. The van der Waals surface area contributed by atoms with Gasteiger partial charge in [-0.2, -0.15) is 4.31 Å². The minimum absolute atomic E-state index is 0.0794. The second-order valence-electron chi connectivity index (χ2n) is 5.40. The Morgan fingerprint density at radius 2 is 1.90 bits per heavy atom. The smallest absolute Gasteiger partial charge is 0.371 e. The van der Waals surface area contributed by atoms with Crippen LogP contribution in [0.2, 0.25) is 0 Å². The van der Waals surface area contributed by atoms with Gasteiger partial charge in [-0.25, -0.2) is 13.2 Å². The molecule has 0 atom stereocenters. The van der Waals surface area contributed by atoms with Gasteiger partial charge in [0.05, 0.1) is 0 Å². The van der Waals surface area contributed by atoms with Crippen molar-refractivity contribution < 1.29 is 22.7 Å². The molecule has 20 heavy (non-hydrogen) atoms. The number of aryl methyl sites for hydroxylation is 1. The molecule has 1 heterocycles. The second-order valence-corrected chi connectivity index (χ2v) is 7.26. The molecule has 1 aromatic rings. The first-order valence-electron chi connectivity index (χ1n) is 6.43. The number of hydrogen-bond acceptors (Lipinski definition) is 4. The maximum absolute atomic E-state index is 12.6. The van der Waals surface area contributed by atoms with Gasteiger partial charge in [0.25, 0.3) is 0 Å². The van der Waals surface area contributed by atoms with E-state index in [2.05, 4.69) is 0 Å². The summed E-state index contributed by atoms with van der Waals surface area (Å²) in [6, 6.07) is 0.855. The molecule has 0 aliphatic rings. The lowest BCUT2D eigenvalue weighted by molar-refractivity contribution is 0.0661. The molecule has 1 rings (SSSR count). The van der Waals surface area contributed by atoms with E-state index in [0.29, 0.717) is 6.54 Å². The van der Waals surface area contributed by atoms with Gasteiger partial charge in [-0.3, -0.25) is 0 Å². The second kappa shape index (κ2) is 5.97. The zero-order valence-corrected chi connectivity index (χ0v) is 13.2. The summed E-state index contributed by atoms with van der Waals surface area (Å²) in [6.07, 6.45) is 0. The van der Waals surface area contributed by atoms with Crippen molar-refractivity contribution in [3.05, 3.63) is 17.6 Å². The molecule has 0 aliphatic carbocycles. The number of carboxylic acid groups (broad SMARTS) is 1. The van der Waals surface area contributed by atoms with E-state index in [1.165, 1.54) is 11.2 Å². The standard InChI is InChI=1S/C13H21NO5S/c1-8(2)7-14(9(3)4)20(17,18)12-6-11(13(15)16)19-10(12)5/h6,8-9H,7H2,1-5H3,(H,15,16). The summed E-state index contributed by atoms with van der Waals surface area (Å²) in [4.78, 5) is 10.8. The van der Waals surface area contributed by atoms with Gasteiger partial charge in [0.2, 0.25) is 15.8 Å². The van der Waals surface area contributed by atoms with E-state index in [-0.39, 0.29) is 28.4 Å². The molecule has 0 spiro atoms. The van der Waals surface area contributed by atoms with Gasteiger partial charge >= 0.3 is 5.97 Å². The fourth-order valence-corrected chi connectivity index (χ4v) is 3.86. The fraction of sp³-hybridized carbons (Fsp3) is 0.615. The summed E-state index contributed by atoms with van der Waals surface area (Å²) in [7, 11) is -3.76. The van der Waals surface area contributed by atoms with Crippen molar-refractivity contribution in [3.8, 4) is 0 Å². The molecule has 0 saturated carbocycles. The summed E-state index contributed by atoms with van der Waals surface area (Å²) >= 11 is 0. The Balaban J connectivity index is 3.29. The molecule has 0 radical (unpaired) electrons. The summed E-state index contributed by atoms with van der Waals surface area (Å²) < 4.78 is 31.6. The monoisotopic (exact) mass is 303 g/mol. The van der Waals surface area contributed by atoms with E-state index in [4.69, 9.17) is 9.52 Å². The van der Waals surface area contributed by atoms with Gasteiger partial charge in [0, 0.05) is 18.7 Å². The molecule has 0 aliphatic heterocycles. The number of hydrogen-bond donors (Lipinski definition) is 1. The number of aromatic carboxylic acids is 1. The fourth-order valence-electron chi connectivity index (χ4n) is 1.90. The highest BCUT2D eigenvalue weighted by atomic mass is 32.2. The Bertz CT molecular complexity index is 586. The van der Waals surface area contributed by atoms with Gasteiger partial charge < -0.3 is 9.52 Å². The van der Waals surface area contributed by atoms with E-state index >= 15 is 0 Å². The van der Waals surface area contributed by atoms with Crippen LogP contribution in [0.5, 0.6) is 0 Å². The van der Waals surface area contributed by atoms with Crippen molar-refractivity contribution in [2.75, 3.05) is 6.54 Å². The average Bonchev–Trinajstić information content (AvgIpc) is 2.68. The molecule has 0 aromatic carbocycles. The van der Waals surface area contributed by atoms with Crippen LogP contribution in [0.1, 0.15) is 44.0 Å². The SMILES string of the molecule is Cc1oc(C(=O)O)cc1S(=O)(=O)N(CC(C)C)C(C)C. The third-order valence-corrected chi connectivity index (χ3v) is 4.94. The third kappa shape index (κ3) is 3.40. The van der Waals surface area contributed by atoms with Crippen LogP contribution in [-0.4, -0.2) is 36.4 Å². The van der Waals surface area contributed by atoms with Gasteiger partial charge in [-0.05, 0) is 26.7 Å². The molecule has 6 nitrogen and oxygen atoms in total. The average molecular weight is 303 g/mol. The van der Waals surface area contributed by atoms with E-state index < -0.39 is 16.0 Å². The maximum atomic E-state index is 12.6. The Labute approximate surface area is 119 Å². The lowest BCUT2D eigenvalue weighted by atomic mass is 10.2. The highest BCUT2D eigenvalue weighted by molar-refractivity contribution is 7.89. The van der Waals surface area contributed by atoms with Crippen LogP contribution in [0.25, 0.3) is 0 Å². The molecule has 0 amide bonds. The number of nitrogens with zero attached hydrogens (tertiary/aromatic N) is 1. The van der Waals surface area contributed by atoms with Crippen molar-refractivity contribution in [2.24, 2.45) is 5.92 Å². The molecule has 0 unspecified atom stereocenters. The topological polar surface area (TPSA) is 87.8 Å². The maximum Gasteiger partial charge on any atom is 0.371 e. The zero-order valence-electron chi connectivity index (χ0n) is 12.4. The molecular formula is C13H21NO5S. The van der Waals surface area contributed by atoms with Crippen molar-refractivity contribution in [2.45, 2.75) is 45.6 Å². The molecule has 0 bridgehead atoms. The van der Waals surface area contributed by atoms with Crippen molar-refractivity contribution in [3.63, 3.8) is 0 Å². The van der Waals surface area contributed by atoms with Crippen molar-refractivity contribution in [1.29, 1.82) is 0 Å². The molecule has 0 fully saturated rings. The molecule has 1 N–H and O–H groups in total. The molecule has 7 heteroatoms. The van der Waals surface area contributed by atoms with Crippen molar-refractivity contribution in [1.82, 2.24) is 4.31 Å². The number of carboxylic acids is 1. The van der Waals surface area contributed by atoms with Crippen LogP contribution in [0, 0.1) is 12.8 Å². The first-order valence-corrected chi connectivity index (χ1v) is 7.87. The minimum atomic E-state index is -3.76. The van der Waals surface area contributed by atoms with E-state index in [1.807, 2.05) is 13.8 Å². The first kappa shape index (κ1) is 16.7. The van der Waals surface area contributed by atoms with Crippen LogP contribution in [-0.2, 0) is 10.0 Å². The highest BCUT2D eigenvalue weighted by Crippen LogP contribution is 2.25. The quantitative estimate of drug-likeness (QED) is 0.871. The molecule has 1 aromatic heterocycles. The molecule has 114 valence electrons. The van der Waals surface area contributed by atoms with Crippen molar-refractivity contribution >= 4 is 16.0 Å². The van der Waals surface area contributed by atoms with E-state index in [0.717, 1.165) is 6.07 Å². The lowest BCUT2D eigenvalue weighted by Gasteiger charge is -2.27. The largest absolute Gasteiger partial charge is 0.475 e. The van der Waals surface area contributed by atoms with Crippen LogP contribution in [0.3, 0.4) is 0 Å². The Morgan fingerprint density at radius 3 is 2.25 bits per heavy atom. The van der Waals surface area contributed by atoms with E-state index in [1.54, 1.807) is 13.8 Å².